The summed E-state index contributed by atoms with van der Waals surface area (Å²) in [6.45, 7) is 0. The number of nitrogens with two attached hydrogens (primary N) is 1. The molecule has 0 radical (unpaired) electrons. The van der Waals surface area contributed by atoms with Gasteiger partial charge in [0.05, 0.1) is 27.1 Å². The van der Waals surface area contributed by atoms with Gasteiger partial charge in [-0.25, -0.2) is 0 Å². The number of aromatic nitrogens is 1. The van der Waals surface area contributed by atoms with E-state index in [-0.39, 0.29) is 0 Å². The molecule has 0 saturated heterocycles. The number of rotatable bonds is 3. The van der Waals surface area contributed by atoms with Gasteiger partial charge >= 0.3 is 0 Å². The molecule has 1 atom stereocenters. The van der Waals surface area contributed by atoms with Crippen LogP contribution in [0.4, 0.5) is 5.69 Å². The first-order valence-electron chi connectivity index (χ1n) is 4.90. The maximum atomic E-state index is 12.0. The fourth-order valence-corrected chi connectivity index (χ4v) is 2.54. The minimum Gasteiger partial charge on any atom is -0.398 e. The molecular formula is C12H12N2OS. The Morgan fingerprint density at radius 3 is 2.56 bits per heavy atom. The van der Waals surface area contributed by atoms with Crippen LogP contribution in [0.2, 0.25) is 0 Å². The second-order valence-electron chi connectivity index (χ2n) is 3.35. The Morgan fingerprint density at radius 1 is 1.12 bits per heavy atom. The van der Waals surface area contributed by atoms with Gasteiger partial charge in [-0.15, -0.1) is 0 Å². The van der Waals surface area contributed by atoms with Crippen molar-refractivity contribution >= 4 is 16.5 Å². The Morgan fingerprint density at radius 2 is 1.88 bits per heavy atom. The Labute approximate surface area is 96.8 Å². The number of nitrogen functional groups attached to an aromatic ring is 1. The van der Waals surface area contributed by atoms with Crippen LogP contribution in [-0.2, 0) is 16.6 Å². The molecule has 1 heterocycles. The van der Waals surface area contributed by atoms with Crippen molar-refractivity contribution in [3.8, 4) is 0 Å². The molecule has 1 aromatic heterocycles. The van der Waals surface area contributed by atoms with E-state index in [0.29, 0.717) is 16.3 Å². The van der Waals surface area contributed by atoms with Gasteiger partial charge < -0.3 is 5.73 Å². The van der Waals surface area contributed by atoms with Crippen molar-refractivity contribution in [1.82, 2.24) is 4.98 Å². The second-order valence-corrected chi connectivity index (χ2v) is 4.77. The molecule has 2 N–H and O–H groups in total. The predicted molar refractivity (Wildman–Crippen MR) is 65.2 cm³/mol. The van der Waals surface area contributed by atoms with Crippen LogP contribution in [0.25, 0.3) is 0 Å². The van der Waals surface area contributed by atoms with Gasteiger partial charge in [-0.3, -0.25) is 9.19 Å². The van der Waals surface area contributed by atoms with Crippen LogP contribution >= 0.6 is 0 Å². The molecule has 1 unspecified atom stereocenters. The smallest absolute Gasteiger partial charge is 0.0706 e. The Bertz CT molecular complexity index is 499. The largest absolute Gasteiger partial charge is 0.398 e. The Hall–Kier alpha value is -1.68. The molecule has 1 aromatic carbocycles. The molecule has 3 nitrogen and oxygen atoms in total. The number of benzene rings is 1. The number of para-hydroxylation sites is 1. The molecule has 2 aromatic rings. The zero-order chi connectivity index (χ0) is 11.4. The predicted octanol–water partition coefficient (Wildman–Crippen LogP) is 1.97. The molecule has 0 saturated carbocycles. The summed E-state index contributed by atoms with van der Waals surface area (Å²) in [5.74, 6) is 0.398. The van der Waals surface area contributed by atoms with Crippen molar-refractivity contribution in [3.63, 3.8) is 0 Å². The minimum atomic E-state index is -1.13. The minimum absolute atomic E-state index is 0.398. The van der Waals surface area contributed by atoms with E-state index < -0.39 is 10.8 Å². The lowest BCUT2D eigenvalue weighted by Crippen LogP contribution is -2.01. The van der Waals surface area contributed by atoms with Crippen molar-refractivity contribution in [2.24, 2.45) is 0 Å². The van der Waals surface area contributed by atoms with E-state index in [1.165, 1.54) is 0 Å². The third-order valence-electron chi connectivity index (χ3n) is 2.17. The molecule has 0 aliphatic heterocycles. The van der Waals surface area contributed by atoms with Gasteiger partial charge in [-0.05, 0) is 24.3 Å². The second kappa shape index (κ2) is 4.90. The topological polar surface area (TPSA) is 56.0 Å². The van der Waals surface area contributed by atoms with Gasteiger partial charge in [0, 0.05) is 11.9 Å². The molecule has 4 heteroatoms. The fraction of sp³-hybridized carbons (Fsp3) is 0.0833. The highest BCUT2D eigenvalue weighted by Gasteiger charge is 2.08. The van der Waals surface area contributed by atoms with Crippen LogP contribution in [-0.4, -0.2) is 9.19 Å². The quantitative estimate of drug-likeness (QED) is 0.823. The Kier molecular flexibility index (Phi) is 3.31. The summed E-state index contributed by atoms with van der Waals surface area (Å²) in [7, 11) is -1.13. The first-order chi connectivity index (χ1) is 7.77. The summed E-state index contributed by atoms with van der Waals surface area (Å²) in [4.78, 5) is 4.81. The van der Waals surface area contributed by atoms with Crippen molar-refractivity contribution < 1.29 is 4.21 Å². The van der Waals surface area contributed by atoms with E-state index in [4.69, 9.17) is 5.73 Å². The molecule has 82 valence electrons. The van der Waals surface area contributed by atoms with Crippen LogP contribution in [0.5, 0.6) is 0 Å². The van der Waals surface area contributed by atoms with Crippen LogP contribution < -0.4 is 5.73 Å². The molecule has 2 rings (SSSR count). The number of anilines is 1. The van der Waals surface area contributed by atoms with Gasteiger partial charge in [-0.2, -0.15) is 0 Å². The highest BCUT2D eigenvalue weighted by molar-refractivity contribution is 7.84. The lowest BCUT2D eigenvalue weighted by atomic mass is 10.3. The molecule has 0 spiro atoms. The fourth-order valence-electron chi connectivity index (χ4n) is 1.38. The van der Waals surface area contributed by atoms with E-state index in [1.54, 1.807) is 18.3 Å². The third-order valence-corrected chi connectivity index (χ3v) is 3.59. The molecule has 0 aliphatic carbocycles. The molecule has 16 heavy (non-hydrogen) atoms. The van der Waals surface area contributed by atoms with E-state index >= 15 is 0 Å². The lowest BCUT2D eigenvalue weighted by molar-refractivity contribution is 0.682. The summed E-state index contributed by atoms with van der Waals surface area (Å²) >= 11 is 0. The maximum Gasteiger partial charge on any atom is 0.0706 e. The first-order valence-corrected chi connectivity index (χ1v) is 6.22. The lowest BCUT2D eigenvalue weighted by Gasteiger charge is -2.04. The maximum absolute atomic E-state index is 12.0. The van der Waals surface area contributed by atoms with Gasteiger partial charge in [-0.1, -0.05) is 18.2 Å². The third kappa shape index (κ3) is 2.46. The van der Waals surface area contributed by atoms with Crippen LogP contribution in [0.3, 0.4) is 0 Å². The normalized spacial score (nSPS) is 12.2. The van der Waals surface area contributed by atoms with E-state index in [1.807, 2.05) is 30.3 Å². The molecular weight excluding hydrogens is 220 g/mol. The van der Waals surface area contributed by atoms with E-state index in [2.05, 4.69) is 4.98 Å². The van der Waals surface area contributed by atoms with Crippen molar-refractivity contribution in [3.05, 3.63) is 54.4 Å². The first kappa shape index (κ1) is 10.8. The summed E-state index contributed by atoms with van der Waals surface area (Å²) < 4.78 is 12.0. The highest BCUT2D eigenvalue weighted by Crippen LogP contribution is 2.17. The Balaban J connectivity index is 2.19. The van der Waals surface area contributed by atoms with E-state index in [9.17, 15) is 4.21 Å². The van der Waals surface area contributed by atoms with Crippen molar-refractivity contribution in [2.45, 2.75) is 10.6 Å². The number of hydrogen-bond donors (Lipinski definition) is 1. The standard InChI is InChI=1S/C12H12N2OS/c13-11-6-1-2-7-12(11)16(15)9-10-5-3-4-8-14-10/h1-8H,9,13H2. The monoisotopic (exact) mass is 232 g/mol. The summed E-state index contributed by atoms with van der Waals surface area (Å²) in [5, 5.41) is 0. The number of hydrogen-bond acceptors (Lipinski definition) is 3. The molecule has 0 fully saturated rings. The highest BCUT2D eigenvalue weighted by atomic mass is 32.2. The van der Waals surface area contributed by atoms with Gasteiger partial charge in [0.2, 0.25) is 0 Å². The van der Waals surface area contributed by atoms with Gasteiger partial charge in [0.25, 0.3) is 0 Å². The van der Waals surface area contributed by atoms with Crippen LogP contribution in [0, 0.1) is 0 Å². The molecule has 0 amide bonds. The average molecular weight is 232 g/mol. The SMILES string of the molecule is Nc1ccccc1S(=O)Cc1ccccn1. The number of pyridine rings is 1. The number of nitrogens with zero attached hydrogens (tertiary/aromatic N) is 1. The van der Waals surface area contributed by atoms with E-state index in [0.717, 1.165) is 5.69 Å². The summed E-state index contributed by atoms with van der Waals surface area (Å²) in [6, 6.07) is 12.8. The van der Waals surface area contributed by atoms with Crippen LogP contribution in [0.15, 0.2) is 53.6 Å². The van der Waals surface area contributed by atoms with Gasteiger partial charge in [0.1, 0.15) is 0 Å². The molecule has 0 bridgehead atoms. The average Bonchev–Trinajstić information content (AvgIpc) is 2.31. The zero-order valence-corrected chi connectivity index (χ0v) is 9.48. The van der Waals surface area contributed by atoms with Crippen molar-refractivity contribution in [1.29, 1.82) is 0 Å². The zero-order valence-electron chi connectivity index (χ0n) is 8.67. The summed E-state index contributed by atoms with van der Waals surface area (Å²) in [5.41, 5.74) is 7.14. The van der Waals surface area contributed by atoms with Gasteiger partial charge in [0.15, 0.2) is 0 Å². The van der Waals surface area contributed by atoms with Crippen molar-refractivity contribution in [2.75, 3.05) is 5.73 Å². The molecule has 0 aliphatic rings. The summed E-state index contributed by atoms with van der Waals surface area (Å²) in [6.07, 6.45) is 1.70. The van der Waals surface area contributed by atoms with Crippen LogP contribution in [0.1, 0.15) is 5.69 Å².